The number of aliphatic hydroxyl groups excluding tert-OH is 1. The maximum Gasteiger partial charge on any atom is 0.0892 e. The van der Waals surface area contributed by atoms with Crippen molar-refractivity contribution in [3.63, 3.8) is 0 Å². The second kappa shape index (κ2) is 21.6. The molecule has 158 valence electrons. The predicted molar refractivity (Wildman–Crippen MR) is 119 cm³/mol. The van der Waals surface area contributed by atoms with E-state index in [2.05, 4.69) is 13.8 Å². The molecule has 26 heavy (non-hydrogen) atoms. The number of aliphatic hydroxyl groups is 1. The third kappa shape index (κ3) is 20.6. The van der Waals surface area contributed by atoms with Gasteiger partial charge >= 0.3 is 0 Å². The van der Waals surface area contributed by atoms with Crippen LogP contribution in [-0.2, 0) is 4.74 Å². The van der Waals surface area contributed by atoms with Gasteiger partial charge in [-0.05, 0) is 18.1 Å². The van der Waals surface area contributed by atoms with Crippen LogP contribution in [0.25, 0.3) is 0 Å². The summed E-state index contributed by atoms with van der Waals surface area (Å²) in [7, 11) is 1.68. The largest absolute Gasteiger partial charge is 0.394 e. The van der Waals surface area contributed by atoms with Crippen molar-refractivity contribution in [2.24, 2.45) is 5.92 Å². The van der Waals surface area contributed by atoms with Crippen LogP contribution in [0.2, 0.25) is 0 Å². The molecular weight excluding hydrogens is 340 g/mol. The molecule has 0 aliphatic carbocycles. The van der Waals surface area contributed by atoms with E-state index in [1.807, 2.05) is 11.8 Å². The lowest BCUT2D eigenvalue weighted by molar-refractivity contribution is 0.0656. The Labute approximate surface area is 169 Å². The van der Waals surface area contributed by atoms with Crippen molar-refractivity contribution >= 4 is 11.8 Å². The lowest BCUT2D eigenvalue weighted by Gasteiger charge is -2.11. The SMILES string of the molecule is COC(CO)CSCCCCCCCCCCCCCCCCC(C)C. The van der Waals surface area contributed by atoms with Crippen LogP contribution in [-0.4, -0.2) is 36.4 Å². The van der Waals surface area contributed by atoms with Gasteiger partial charge in [0.25, 0.3) is 0 Å². The first kappa shape index (κ1) is 26.3. The molecule has 0 spiro atoms. The van der Waals surface area contributed by atoms with Gasteiger partial charge in [-0.3, -0.25) is 0 Å². The van der Waals surface area contributed by atoms with E-state index in [0.717, 1.165) is 11.7 Å². The van der Waals surface area contributed by atoms with Crippen molar-refractivity contribution in [3.05, 3.63) is 0 Å². The van der Waals surface area contributed by atoms with Gasteiger partial charge in [-0.15, -0.1) is 0 Å². The Balaban J connectivity index is 3.05. The van der Waals surface area contributed by atoms with E-state index in [1.165, 1.54) is 102 Å². The summed E-state index contributed by atoms with van der Waals surface area (Å²) in [5.74, 6) is 3.01. The van der Waals surface area contributed by atoms with Gasteiger partial charge in [-0.25, -0.2) is 0 Å². The zero-order valence-corrected chi connectivity index (χ0v) is 19.0. The minimum absolute atomic E-state index is 0.0184. The van der Waals surface area contributed by atoms with Crippen LogP contribution in [0.4, 0.5) is 0 Å². The molecule has 0 aromatic rings. The molecule has 2 nitrogen and oxygen atoms in total. The summed E-state index contributed by atoms with van der Waals surface area (Å²) in [5, 5.41) is 9.04. The van der Waals surface area contributed by atoms with Crippen LogP contribution in [0, 0.1) is 5.92 Å². The third-order valence-corrected chi connectivity index (χ3v) is 6.35. The second-order valence-corrected chi connectivity index (χ2v) is 9.40. The zero-order valence-electron chi connectivity index (χ0n) is 18.1. The first-order chi connectivity index (χ1) is 12.7. The lowest BCUT2D eigenvalue weighted by Crippen LogP contribution is -2.18. The van der Waals surface area contributed by atoms with Crippen molar-refractivity contribution < 1.29 is 9.84 Å². The van der Waals surface area contributed by atoms with Gasteiger partial charge in [-0.1, -0.05) is 104 Å². The Morgan fingerprint density at radius 3 is 1.50 bits per heavy atom. The van der Waals surface area contributed by atoms with Gasteiger partial charge in [0.1, 0.15) is 0 Å². The van der Waals surface area contributed by atoms with Crippen LogP contribution >= 0.6 is 11.8 Å². The molecule has 0 radical (unpaired) electrons. The molecule has 0 amide bonds. The Morgan fingerprint density at radius 2 is 1.12 bits per heavy atom. The van der Waals surface area contributed by atoms with E-state index in [-0.39, 0.29) is 12.7 Å². The van der Waals surface area contributed by atoms with Crippen LogP contribution in [0.5, 0.6) is 0 Å². The van der Waals surface area contributed by atoms with E-state index in [4.69, 9.17) is 9.84 Å². The number of hydrogen-bond donors (Lipinski definition) is 1. The van der Waals surface area contributed by atoms with Crippen LogP contribution in [0.3, 0.4) is 0 Å². The fraction of sp³-hybridized carbons (Fsp3) is 1.00. The van der Waals surface area contributed by atoms with Crippen molar-refractivity contribution in [1.29, 1.82) is 0 Å². The maximum atomic E-state index is 9.04. The number of hydrogen-bond acceptors (Lipinski definition) is 3. The zero-order chi connectivity index (χ0) is 19.3. The predicted octanol–water partition coefficient (Wildman–Crippen LogP) is 7.23. The number of methoxy groups -OCH3 is 1. The number of thioether (sulfide) groups is 1. The molecule has 0 saturated heterocycles. The molecule has 0 rings (SSSR count). The highest BCUT2D eigenvalue weighted by Gasteiger charge is 2.04. The molecule has 0 bridgehead atoms. The molecule has 0 aromatic heterocycles. The van der Waals surface area contributed by atoms with Gasteiger partial charge in [-0.2, -0.15) is 11.8 Å². The lowest BCUT2D eigenvalue weighted by atomic mass is 10.0. The van der Waals surface area contributed by atoms with Crippen LogP contribution in [0.15, 0.2) is 0 Å². The molecule has 0 aliphatic heterocycles. The van der Waals surface area contributed by atoms with Gasteiger partial charge in [0.2, 0.25) is 0 Å². The quantitative estimate of drug-likeness (QED) is 0.210. The summed E-state index contributed by atoms with van der Waals surface area (Å²) in [6.07, 6.45) is 21.4. The summed E-state index contributed by atoms with van der Waals surface area (Å²) in [6.45, 7) is 4.80. The van der Waals surface area contributed by atoms with Gasteiger partial charge in [0.15, 0.2) is 0 Å². The van der Waals surface area contributed by atoms with E-state index in [0.29, 0.717) is 0 Å². The highest BCUT2D eigenvalue weighted by atomic mass is 32.2. The van der Waals surface area contributed by atoms with Crippen molar-refractivity contribution in [3.8, 4) is 0 Å². The topological polar surface area (TPSA) is 29.5 Å². The Hall–Kier alpha value is 0.270. The highest BCUT2D eigenvalue weighted by molar-refractivity contribution is 7.99. The molecule has 0 aromatic carbocycles. The first-order valence-corrected chi connectivity index (χ1v) is 12.6. The minimum Gasteiger partial charge on any atom is -0.394 e. The number of unbranched alkanes of at least 4 members (excludes halogenated alkanes) is 13. The first-order valence-electron chi connectivity index (χ1n) is 11.4. The minimum atomic E-state index is 0.0184. The fourth-order valence-electron chi connectivity index (χ4n) is 3.29. The smallest absolute Gasteiger partial charge is 0.0892 e. The van der Waals surface area contributed by atoms with E-state index < -0.39 is 0 Å². The molecule has 1 unspecified atom stereocenters. The highest BCUT2D eigenvalue weighted by Crippen LogP contribution is 2.15. The molecule has 1 atom stereocenters. The van der Waals surface area contributed by atoms with Crippen LogP contribution in [0.1, 0.15) is 110 Å². The fourth-order valence-corrected chi connectivity index (χ4v) is 4.37. The van der Waals surface area contributed by atoms with Crippen molar-refractivity contribution in [2.45, 2.75) is 116 Å². The monoisotopic (exact) mass is 388 g/mol. The molecule has 0 fully saturated rings. The molecular formula is C23H48O2S. The average Bonchev–Trinajstić information content (AvgIpc) is 2.63. The molecule has 0 heterocycles. The molecule has 0 saturated carbocycles. The van der Waals surface area contributed by atoms with Gasteiger partial charge in [0, 0.05) is 12.9 Å². The van der Waals surface area contributed by atoms with Crippen LogP contribution < -0.4 is 0 Å². The van der Waals surface area contributed by atoms with Gasteiger partial charge < -0.3 is 9.84 Å². The van der Waals surface area contributed by atoms with E-state index in [1.54, 1.807) is 7.11 Å². The average molecular weight is 389 g/mol. The van der Waals surface area contributed by atoms with E-state index in [9.17, 15) is 0 Å². The summed E-state index contributed by atoms with van der Waals surface area (Å²) in [5.41, 5.74) is 0. The van der Waals surface area contributed by atoms with Crippen molar-refractivity contribution in [2.75, 3.05) is 25.2 Å². The third-order valence-electron chi connectivity index (χ3n) is 5.16. The Bertz CT molecular complexity index is 255. The van der Waals surface area contributed by atoms with Gasteiger partial charge in [0.05, 0.1) is 12.7 Å². The number of rotatable bonds is 21. The standard InChI is InChI=1S/C23H48O2S/c1-22(2)18-16-14-12-10-8-6-4-5-7-9-11-13-15-17-19-26-21-23(20-24)25-3/h22-24H,4-21H2,1-3H3. The maximum absolute atomic E-state index is 9.04. The summed E-state index contributed by atoms with van der Waals surface area (Å²) < 4.78 is 5.17. The Kier molecular flexibility index (Phi) is 21.8. The summed E-state index contributed by atoms with van der Waals surface area (Å²) >= 11 is 1.91. The summed E-state index contributed by atoms with van der Waals surface area (Å²) in [4.78, 5) is 0. The normalized spacial score (nSPS) is 12.8. The summed E-state index contributed by atoms with van der Waals surface area (Å²) in [6, 6.07) is 0. The van der Waals surface area contributed by atoms with Crippen molar-refractivity contribution in [1.82, 2.24) is 0 Å². The Morgan fingerprint density at radius 1 is 0.692 bits per heavy atom. The van der Waals surface area contributed by atoms with E-state index >= 15 is 0 Å². The molecule has 0 aliphatic rings. The number of ether oxygens (including phenoxy) is 1. The molecule has 1 N–H and O–H groups in total. The second-order valence-electron chi connectivity index (χ2n) is 8.25. The molecule has 3 heteroatoms.